The van der Waals surface area contributed by atoms with Crippen molar-refractivity contribution in [2.75, 3.05) is 7.05 Å². The van der Waals surface area contributed by atoms with Gasteiger partial charge >= 0.3 is 0 Å². The number of nitrogens with zero attached hydrogens (tertiary/aromatic N) is 2. The van der Waals surface area contributed by atoms with Gasteiger partial charge in [0.05, 0.1) is 29.8 Å². The van der Waals surface area contributed by atoms with Crippen molar-refractivity contribution in [3.05, 3.63) is 64.6 Å². The minimum Gasteiger partial charge on any atom is -0.468 e. The molecule has 0 amide bonds. The van der Waals surface area contributed by atoms with Gasteiger partial charge in [-0.15, -0.1) is 0 Å². The lowest BCUT2D eigenvalue weighted by Gasteiger charge is -2.22. The molecule has 0 fully saturated rings. The molecule has 0 saturated carbocycles. The number of benzene rings is 1. The van der Waals surface area contributed by atoms with E-state index in [1.165, 1.54) is 0 Å². The Bertz CT molecular complexity index is 793. The number of aromatic amines is 1. The van der Waals surface area contributed by atoms with Gasteiger partial charge in [0, 0.05) is 0 Å². The van der Waals surface area contributed by atoms with E-state index in [0.717, 1.165) is 11.3 Å². The third kappa shape index (κ3) is 2.73. The van der Waals surface area contributed by atoms with Gasteiger partial charge in [0.2, 0.25) is 0 Å². The third-order valence-corrected chi connectivity index (χ3v) is 3.67. The molecule has 2 aromatic heterocycles. The average molecular weight is 283 g/mol. The van der Waals surface area contributed by atoms with Crippen molar-refractivity contribution in [3.63, 3.8) is 0 Å². The number of hydrogen-bond acceptors (Lipinski definition) is 4. The summed E-state index contributed by atoms with van der Waals surface area (Å²) in [7, 11) is 1.97. The Balaban J connectivity index is 1.90. The highest BCUT2D eigenvalue weighted by molar-refractivity contribution is 5.77. The van der Waals surface area contributed by atoms with Crippen LogP contribution in [-0.4, -0.2) is 21.9 Å². The van der Waals surface area contributed by atoms with Crippen molar-refractivity contribution in [1.82, 2.24) is 14.9 Å². The Labute approximate surface area is 122 Å². The van der Waals surface area contributed by atoms with E-state index in [2.05, 4.69) is 14.9 Å². The van der Waals surface area contributed by atoms with Crippen LogP contribution in [0.15, 0.2) is 51.9 Å². The minimum atomic E-state index is -0.103. The zero-order chi connectivity index (χ0) is 14.8. The van der Waals surface area contributed by atoms with E-state index in [0.29, 0.717) is 17.8 Å². The molecule has 0 unspecified atom stereocenters. The molecule has 21 heavy (non-hydrogen) atoms. The maximum atomic E-state index is 12.1. The van der Waals surface area contributed by atoms with Crippen LogP contribution < -0.4 is 5.56 Å². The van der Waals surface area contributed by atoms with Crippen LogP contribution in [0.5, 0.6) is 0 Å². The molecule has 1 aromatic carbocycles. The second-order valence-corrected chi connectivity index (χ2v) is 5.14. The van der Waals surface area contributed by atoms with Crippen LogP contribution in [0.3, 0.4) is 0 Å². The molecular formula is C16H17N3O2. The first-order chi connectivity index (χ1) is 10.1. The molecule has 108 valence electrons. The van der Waals surface area contributed by atoms with Gasteiger partial charge < -0.3 is 9.40 Å². The van der Waals surface area contributed by atoms with Crippen molar-refractivity contribution in [3.8, 4) is 0 Å². The van der Waals surface area contributed by atoms with Crippen molar-refractivity contribution >= 4 is 10.9 Å². The van der Waals surface area contributed by atoms with Crippen molar-refractivity contribution < 1.29 is 4.42 Å². The Morgan fingerprint density at radius 2 is 2.10 bits per heavy atom. The molecule has 0 radical (unpaired) electrons. The predicted molar refractivity (Wildman–Crippen MR) is 81.0 cm³/mol. The fourth-order valence-corrected chi connectivity index (χ4v) is 2.30. The topological polar surface area (TPSA) is 62.1 Å². The van der Waals surface area contributed by atoms with Crippen LogP contribution in [-0.2, 0) is 6.54 Å². The standard InChI is InChI=1S/C16H17N3O2/c1-11(19(2)10-12-6-5-9-21-12)15-17-14-8-4-3-7-13(14)16(20)18-15/h3-9,11H,10H2,1-2H3,(H,17,18,20)/t11-/m0/s1. The smallest absolute Gasteiger partial charge is 0.258 e. The number of furan rings is 1. The van der Waals surface area contributed by atoms with Gasteiger partial charge in [-0.2, -0.15) is 0 Å². The van der Waals surface area contributed by atoms with Gasteiger partial charge in [-0.3, -0.25) is 9.69 Å². The Kier molecular flexibility index (Phi) is 3.58. The first-order valence-electron chi connectivity index (χ1n) is 6.87. The molecule has 3 aromatic rings. The average Bonchev–Trinajstić information content (AvgIpc) is 2.99. The summed E-state index contributed by atoms with van der Waals surface area (Å²) in [6.07, 6.45) is 1.66. The van der Waals surface area contributed by atoms with Crippen molar-refractivity contribution in [1.29, 1.82) is 0 Å². The first-order valence-corrected chi connectivity index (χ1v) is 6.87. The van der Waals surface area contributed by atoms with E-state index < -0.39 is 0 Å². The molecule has 5 nitrogen and oxygen atoms in total. The van der Waals surface area contributed by atoms with Gasteiger partial charge in [0.25, 0.3) is 5.56 Å². The number of aromatic nitrogens is 2. The van der Waals surface area contributed by atoms with Crippen LogP contribution in [0.25, 0.3) is 10.9 Å². The highest BCUT2D eigenvalue weighted by Gasteiger charge is 2.16. The Hall–Kier alpha value is -2.40. The summed E-state index contributed by atoms with van der Waals surface area (Å²) in [5.41, 5.74) is 0.614. The zero-order valence-corrected chi connectivity index (χ0v) is 12.0. The first kappa shape index (κ1) is 13.6. The largest absolute Gasteiger partial charge is 0.468 e. The maximum absolute atomic E-state index is 12.1. The second kappa shape index (κ2) is 5.54. The quantitative estimate of drug-likeness (QED) is 0.799. The second-order valence-electron chi connectivity index (χ2n) is 5.14. The van der Waals surface area contributed by atoms with Crippen LogP contribution in [0.2, 0.25) is 0 Å². The number of nitrogens with one attached hydrogen (secondary N) is 1. The number of para-hydroxylation sites is 1. The molecule has 5 heteroatoms. The van der Waals surface area contributed by atoms with E-state index in [4.69, 9.17) is 4.42 Å². The van der Waals surface area contributed by atoms with E-state index in [9.17, 15) is 4.79 Å². The SMILES string of the molecule is C[C@@H](c1nc2ccccc2c(=O)[nH]1)N(C)Cc1ccco1. The van der Waals surface area contributed by atoms with Crippen LogP contribution in [0.1, 0.15) is 24.6 Å². The number of fused-ring (bicyclic) bond motifs is 1. The fourth-order valence-electron chi connectivity index (χ4n) is 2.30. The fraction of sp³-hybridized carbons (Fsp3) is 0.250. The molecule has 1 atom stereocenters. The summed E-state index contributed by atoms with van der Waals surface area (Å²) < 4.78 is 5.35. The van der Waals surface area contributed by atoms with E-state index >= 15 is 0 Å². The van der Waals surface area contributed by atoms with E-state index in [1.807, 2.05) is 44.3 Å². The summed E-state index contributed by atoms with van der Waals surface area (Å²) in [4.78, 5) is 21.6. The van der Waals surface area contributed by atoms with Gasteiger partial charge in [0.15, 0.2) is 0 Å². The molecule has 1 N–H and O–H groups in total. The van der Waals surface area contributed by atoms with Gasteiger partial charge in [-0.05, 0) is 38.2 Å². The Morgan fingerprint density at radius 1 is 1.29 bits per heavy atom. The summed E-state index contributed by atoms with van der Waals surface area (Å²) in [5, 5.41) is 0.613. The third-order valence-electron chi connectivity index (χ3n) is 3.67. The molecule has 0 bridgehead atoms. The van der Waals surface area contributed by atoms with E-state index in [-0.39, 0.29) is 11.6 Å². The highest BCUT2D eigenvalue weighted by atomic mass is 16.3. The molecule has 0 aliphatic heterocycles. The molecular weight excluding hydrogens is 266 g/mol. The normalized spacial score (nSPS) is 12.9. The molecule has 0 aliphatic rings. The van der Waals surface area contributed by atoms with Crippen molar-refractivity contribution in [2.45, 2.75) is 19.5 Å². The van der Waals surface area contributed by atoms with Gasteiger partial charge in [-0.1, -0.05) is 12.1 Å². The lowest BCUT2D eigenvalue weighted by molar-refractivity contribution is 0.224. The molecule has 3 rings (SSSR count). The maximum Gasteiger partial charge on any atom is 0.258 e. The number of rotatable bonds is 4. The number of H-pyrrole nitrogens is 1. The van der Waals surface area contributed by atoms with Crippen LogP contribution in [0.4, 0.5) is 0 Å². The molecule has 0 aliphatic carbocycles. The summed E-state index contributed by atoms with van der Waals surface area (Å²) in [5.74, 6) is 1.54. The minimum absolute atomic E-state index is 0.0209. The lowest BCUT2D eigenvalue weighted by Crippen LogP contribution is -2.25. The van der Waals surface area contributed by atoms with Crippen LogP contribution in [0, 0.1) is 0 Å². The lowest BCUT2D eigenvalue weighted by atomic mass is 10.2. The summed E-state index contributed by atoms with van der Waals surface area (Å²) in [6.45, 7) is 2.67. The monoisotopic (exact) mass is 283 g/mol. The molecule has 2 heterocycles. The zero-order valence-electron chi connectivity index (χ0n) is 12.0. The van der Waals surface area contributed by atoms with E-state index in [1.54, 1.807) is 12.3 Å². The highest BCUT2D eigenvalue weighted by Crippen LogP contribution is 2.18. The van der Waals surface area contributed by atoms with Gasteiger partial charge in [-0.25, -0.2) is 4.98 Å². The van der Waals surface area contributed by atoms with Crippen LogP contribution >= 0.6 is 0 Å². The van der Waals surface area contributed by atoms with Gasteiger partial charge in [0.1, 0.15) is 11.6 Å². The summed E-state index contributed by atoms with van der Waals surface area (Å²) >= 11 is 0. The number of hydrogen-bond donors (Lipinski definition) is 1. The molecule has 0 spiro atoms. The predicted octanol–water partition coefficient (Wildman–Crippen LogP) is 2.71. The molecule has 0 saturated heterocycles. The Morgan fingerprint density at radius 3 is 2.86 bits per heavy atom. The van der Waals surface area contributed by atoms with Crippen molar-refractivity contribution in [2.24, 2.45) is 0 Å². The summed E-state index contributed by atoms with van der Waals surface area (Å²) in [6, 6.07) is 11.1.